The van der Waals surface area contributed by atoms with Crippen LogP contribution < -0.4 is 10.6 Å². The molecule has 10 heteroatoms. The maximum atomic E-state index is 13.2. The first-order valence-corrected chi connectivity index (χ1v) is 13.8. The molecule has 4 aromatic rings. The van der Waals surface area contributed by atoms with Crippen LogP contribution in [-0.2, 0) is 27.7 Å². The minimum atomic E-state index is -3.66. The molecule has 38 heavy (non-hydrogen) atoms. The van der Waals surface area contributed by atoms with E-state index < -0.39 is 10.0 Å². The molecule has 2 N–H and O–H groups in total. The molecule has 0 aliphatic carbocycles. The van der Waals surface area contributed by atoms with E-state index in [2.05, 4.69) is 20.6 Å². The van der Waals surface area contributed by atoms with E-state index in [-0.39, 0.29) is 17.2 Å². The molecule has 3 heterocycles. The van der Waals surface area contributed by atoms with Gasteiger partial charge in [0.25, 0.3) is 0 Å². The quantitative estimate of drug-likeness (QED) is 0.349. The summed E-state index contributed by atoms with van der Waals surface area (Å²) in [5.74, 6) is 0.239. The summed E-state index contributed by atoms with van der Waals surface area (Å²) in [5, 5.41) is 6.09. The first-order valence-electron chi connectivity index (χ1n) is 12.4. The lowest BCUT2D eigenvalue weighted by atomic mass is 10.0. The Labute approximate surface area is 222 Å². The summed E-state index contributed by atoms with van der Waals surface area (Å²) in [4.78, 5) is 25.9. The molecule has 0 bridgehead atoms. The number of nitrogens with one attached hydrogen (secondary N) is 2. The van der Waals surface area contributed by atoms with Crippen LogP contribution in [0.5, 0.6) is 0 Å². The Hall–Kier alpha value is -4.15. The van der Waals surface area contributed by atoms with E-state index in [0.29, 0.717) is 36.8 Å². The lowest BCUT2D eigenvalue weighted by Crippen LogP contribution is -2.32. The van der Waals surface area contributed by atoms with Gasteiger partial charge in [0.1, 0.15) is 0 Å². The highest BCUT2D eigenvalue weighted by Crippen LogP contribution is 2.34. The van der Waals surface area contributed by atoms with Crippen molar-refractivity contribution in [3.05, 3.63) is 89.9 Å². The van der Waals surface area contributed by atoms with Crippen molar-refractivity contribution >= 4 is 33.3 Å². The van der Waals surface area contributed by atoms with E-state index >= 15 is 0 Å². The van der Waals surface area contributed by atoms with E-state index in [1.165, 1.54) is 4.31 Å². The largest absolute Gasteiger partial charge is 0.325 e. The number of amides is 1. The number of hydrogen-bond donors (Lipinski definition) is 2. The number of sulfonamides is 1. The Morgan fingerprint density at radius 3 is 2.61 bits per heavy atom. The number of aryl methyl sites for hydroxylation is 1. The summed E-state index contributed by atoms with van der Waals surface area (Å²) in [7, 11) is -3.66. The topological polar surface area (TPSA) is 117 Å². The van der Waals surface area contributed by atoms with E-state index in [1.54, 1.807) is 36.7 Å². The number of anilines is 3. The van der Waals surface area contributed by atoms with Crippen LogP contribution in [0.2, 0.25) is 0 Å². The molecule has 5 rings (SSSR count). The van der Waals surface area contributed by atoms with Gasteiger partial charge in [0.05, 0.1) is 22.7 Å². The third kappa shape index (κ3) is 5.41. The molecule has 0 spiro atoms. The van der Waals surface area contributed by atoms with Crippen molar-refractivity contribution in [2.75, 3.05) is 23.7 Å². The molecular formula is C28H28N6O3S. The molecule has 0 radical (unpaired) electrons. The van der Waals surface area contributed by atoms with Crippen molar-refractivity contribution in [3.63, 3.8) is 0 Å². The standard InChI is InChI=1S/C28H28N6O3S/c1-3-34(15-13-21-6-4-5-14-29-21)38(36,37)23-10-8-22(9-11-23)31-28-30-18-20-17-26(35)32-25-16-19(2)7-12-24(25)27(20)33-28/h4-12,14,16,18H,3,13,15,17H2,1-2H3,(H,32,35)(H,30,31,33). The lowest BCUT2D eigenvalue weighted by Gasteiger charge is -2.20. The Morgan fingerprint density at radius 1 is 1.05 bits per heavy atom. The number of carbonyl (C=O) groups excluding carboxylic acids is 1. The van der Waals surface area contributed by atoms with E-state index in [4.69, 9.17) is 4.98 Å². The summed E-state index contributed by atoms with van der Waals surface area (Å²) >= 11 is 0. The summed E-state index contributed by atoms with van der Waals surface area (Å²) in [6.07, 6.45) is 4.08. The number of carbonyl (C=O) groups is 1. The van der Waals surface area contributed by atoms with Gasteiger partial charge < -0.3 is 10.6 Å². The number of pyridine rings is 1. The van der Waals surface area contributed by atoms with Gasteiger partial charge in [0.15, 0.2) is 0 Å². The van der Waals surface area contributed by atoms with Gasteiger partial charge in [0.2, 0.25) is 21.9 Å². The van der Waals surface area contributed by atoms with Crippen molar-refractivity contribution in [1.29, 1.82) is 0 Å². The second-order valence-corrected chi connectivity index (χ2v) is 11.0. The van der Waals surface area contributed by atoms with Gasteiger partial charge in [-0.25, -0.2) is 18.4 Å². The number of fused-ring (bicyclic) bond motifs is 3. The number of benzene rings is 2. The predicted molar refractivity (Wildman–Crippen MR) is 147 cm³/mol. The molecule has 2 aromatic carbocycles. The second-order valence-electron chi connectivity index (χ2n) is 9.06. The molecule has 0 atom stereocenters. The van der Waals surface area contributed by atoms with Crippen LogP contribution in [0.1, 0.15) is 23.7 Å². The highest BCUT2D eigenvalue weighted by Gasteiger charge is 2.24. The maximum Gasteiger partial charge on any atom is 0.243 e. The Kier molecular flexibility index (Phi) is 7.17. The Morgan fingerprint density at radius 2 is 1.87 bits per heavy atom. The average Bonchev–Trinajstić information content (AvgIpc) is 3.04. The van der Waals surface area contributed by atoms with E-state index in [9.17, 15) is 13.2 Å². The molecular weight excluding hydrogens is 500 g/mol. The minimum Gasteiger partial charge on any atom is -0.325 e. The van der Waals surface area contributed by atoms with Crippen LogP contribution in [-0.4, -0.2) is 46.7 Å². The smallest absolute Gasteiger partial charge is 0.243 e. The second kappa shape index (κ2) is 10.7. The fraction of sp³-hybridized carbons (Fsp3) is 0.214. The Balaban J connectivity index is 1.34. The van der Waals surface area contributed by atoms with Crippen LogP contribution in [0.4, 0.5) is 17.3 Å². The van der Waals surface area contributed by atoms with Crippen LogP contribution >= 0.6 is 0 Å². The van der Waals surface area contributed by atoms with Crippen LogP contribution in [0, 0.1) is 6.92 Å². The van der Waals surface area contributed by atoms with Gasteiger partial charge in [-0.3, -0.25) is 9.78 Å². The van der Waals surface area contributed by atoms with Gasteiger partial charge in [-0.2, -0.15) is 4.31 Å². The minimum absolute atomic E-state index is 0.113. The number of hydrogen-bond acceptors (Lipinski definition) is 7. The number of nitrogens with zero attached hydrogens (tertiary/aromatic N) is 4. The van der Waals surface area contributed by atoms with Gasteiger partial charge >= 0.3 is 0 Å². The van der Waals surface area contributed by atoms with Crippen molar-refractivity contribution in [2.24, 2.45) is 0 Å². The van der Waals surface area contributed by atoms with E-state index in [0.717, 1.165) is 28.1 Å². The van der Waals surface area contributed by atoms with Crippen molar-refractivity contribution in [1.82, 2.24) is 19.3 Å². The lowest BCUT2D eigenvalue weighted by molar-refractivity contribution is -0.115. The predicted octanol–water partition coefficient (Wildman–Crippen LogP) is 4.34. The molecule has 194 valence electrons. The summed E-state index contributed by atoms with van der Waals surface area (Å²) in [6, 6.07) is 18.0. The summed E-state index contributed by atoms with van der Waals surface area (Å²) < 4.78 is 27.9. The third-order valence-electron chi connectivity index (χ3n) is 6.36. The number of aromatic nitrogens is 3. The molecule has 0 saturated carbocycles. The highest BCUT2D eigenvalue weighted by molar-refractivity contribution is 7.89. The monoisotopic (exact) mass is 528 g/mol. The zero-order chi connectivity index (χ0) is 26.7. The fourth-order valence-corrected chi connectivity index (χ4v) is 5.84. The molecule has 0 unspecified atom stereocenters. The normalized spacial score (nSPS) is 12.9. The zero-order valence-electron chi connectivity index (χ0n) is 21.2. The SMILES string of the molecule is CCN(CCc1ccccn1)S(=O)(=O)c1ccc(Nc2ncc3c(n2)-c2ccc(C)cc2NC(=O)C3)cc1. The van der Waals surface area contributed by atoms with Crippen molar-refractivity contribution in [2.45, 2.75) is 31.6 Å². The average molecular weight is 529 g/mol. The van der Waals surface area contributed by atoms with Crippen LogP contribution in [0.3, 0.4) is 0 Å². The Bertz CT molecular complexity index is 1570. The van der Waals surface area contributed by atoms with Crippen molar-refractivity contribution < 1.29 is 13.2 Å². The maximum absolute atomic E-state index is 13.2. The highest BCUT2D eigenvalue weighted by atomic mass is 32.2. The van der Waals surface area contributed by atoms with Gasteiger partial charge in [-0.05, 0) is 55.0 Å². The number of rotatable bonds is 8. The first kappa shape index (κ1) is 25.5. The molecule has 0 saturated heterocycles. The third-order valence-corrected chi connectivity index (χ3v) is 8.35. The van der Waals surface area contributed by atoms with Crippen LogP contribution in [0.25, 0.3) is 11.3 Å². The summed E-state index contributed by atoms with van der Waals surface area (Å²) in [5.41, 5.74) is 5.49. The number of likely N-dealkylation sites (N-methyl/N-ethyl adjacent to an activating group) is 1. The first-order chi connectivity index (χ1) is 18.3. The van der Waals surface area contributed by atoms with Gasteiger partial charge in [-0.15, -0.1) is 0 Å². The molecule has 0 fully saturated rings. The van der Waals surface area contributed by atoms with Crippen LogP contribution in [0.15, 0.2) is 78.0 Å². The molecule has 1 aliphatic rings. The van der Waals surface area contributed by atoms with Gasteiger partial charge in [0, 0.05) is 54.4 Å². The van der Waals surface area contributed by atoms with Gasteiger partial charge in [-0.1, -0.05) is 25.1 Å². The summed E-state index contributed by atoms with van der Waals surface area (Å²) in [6.45, 7) is 4.49. The molecule has 1 amide bonds. The zero-order valence-corrected chi connectivity index (χ0v) is 22.0. The molecule has 2 aromatic heterocycles. The fourth-order valence-electron chi connectivity index (χ4n) is 4.39. The van der Waals surface area contributed by atoms with E-state index in [1.807, 2.05) is 50.2 Å². The van der Waals surface area contributed by atoms with Crippen molar-refractivity contribution in [3.8, 4) is 11.3 Å². The molecule has 1 aliphatic heterocycles. The molecule has 9 nitrogen and oxygen atoms in total.